The van der Waals surface area contributed by atoms with E-state index in [2.05, 4.69) is 16.2 Å². The Kier molecular flexibility index (Phi) is 6.00. The molecule has 0 radical (unpaired) electrons. The van der Waals surface area contributed by atoms with Crippen molar-refractivity contribution in [3.8, 4) is 0 Å². The average molecular weight is 398 g/mol. The summed E-state index contributed by atoms with van der Waals surface area (Å²) in [5.41, 5.74) is 7.59. The lowest BCUT2D eigenvalue weighted by molar-refractivity contribution is -0.130. The highest BCUT2D eigenvalue weighted by Crippen LogP contribution is 2.32. The molecule has 0 bridgehead atoms. The van der Waals surface area contributed by atoms with Crippen molar-refractivity contribution >= 4 is 40.9 Å². The van der Waals surface area contributed by atoms with E-state index >= 15 is 0 Å². The smallest absolute Gasteiger partial charge is 0.240 e. The predicted octanol–water partition coefficient (Wildman–Crippen LogP) is 3.11. The first-order chi connectivity index (χ1) is 13.4. The standard InChI is InChI=1S/C20H19FN4O2S/c1-13(26)25-11-10-14-4-2-3-5-17(14)18(25)12-19(27)23-24-20(28)22-16-8-6-15(21)7-9-16/h2-11,18H,12H2,1H3,(H,23,27)(H2,22,24,28)/t18-/m1/s1. The number of hydrogen-bond donors (Lipinski definition) is 3. The number of nitrogens with zero attached hydrogens (tertiary/aromatic N) is 1. The summed E-state index contributed by atoms with van der Waals surface area (Å²) in [4.78, 5) is 25.9. The van der Waals surface area contributed by atoms with Crippen LogP contribution in [0, 0.1) is 5.82 Å². The molecule has 0 unspecified atom stereocenters. The number of thiocarbonyl (C=S) groups is 1. The molecule has 0 saturated heterocycles. The van der Waals surface area contributed by atoms with Gasteiger partial charge in [-0.25, -0.2) is 4.39 Å². The second-order valence-corrected chi connectivity index (χ2v) is 6.63. The van der Waals surface area contributed by atoms with Gasteiger partial charge in [-0.15, -0.1) is 0 Å². The summed E-state index contributed by atoms with van der Waals surface area (Å²) in [6.45, 7) is 1.46. The van der Waals surface area contributed by atoms with Crippen molar-refractivity contribution in [2.24, 2.45) is 0 Å². The quantitative estimate of drug-likeness (QED) is 0.547. The van der Waals surface area contributed by atoms with Crippen LogP contribution in [0.25, 0.3) is 6.08 Å². The highest BCUT2D eigenvalue weighted by Gasteiger charge is 2.28. The minimum absolute atomic E-state index is 0.0626. The third kappa shape index (κ3) is 4.72. The Morgan fingerprint density at radius 3 is 2.54 bits per heavy atom. The molecule has 2 aromatic rings. The van der Waals surface area contributed by atoms with Crippen LogP contribution in [0.2, 0.25) is 0 Å². The van der Waals surface area contributed by atoms with Crippen LogP contribution >= 0.6 is 12.2 Å². The third-order valence-electron chi connectivity index (χ3n) is 4.27. The van der Waals surface area contributed by atoms with Gasteiger partial charge in [0.15, 0.2) is 5.11 Å². The first kappa shape index (κ1) is 19.5. The van der Waals surface area contributed by atoms with Gasteiger partial charge in [-0.05, 0) is 53.7 Å². The van der Waals surface area contributed by atoms with Crippen LogP contribution in [-0.2, 0) is 9.59 Å². The van der Waals surface area contributed by atoms with Crippen LogP contribution < -0.4 is 16.2 Å². The zero-order chi connectivity index (χ0) is 20.1. The molecule has 3 rings (SSSR count). The monoisotopic (exact) mass is 398 g/mol. The number of carbonyl (C=O) groups excluding carboxylic acids is 2. The Hall–Kier alpha value is -3.26. The van der Waals surface area contributed by atoms with Gasteiger partial charge >= 0.3 is 0 Å². The molecule has 8 heteroatoms. The number of anilines is 1. The van der Waals surface area contributed by atoms with E-state index in [0.717, 1.165) is 11.1 Å². The molecular formula is C20H19FN4O2S. The molecule has 1 atom stereocenters. The molecule has 1 aliphatic heterocycles. The summed E-state index contributed by atoms with van der Waals surface area (Å²) >= 11 is 5.11. The summed E-state index contributed by atoms with van der Waals surface area (Å²) in [6.07, 6.45) is 3.61. The number of nitrogens with one attached hydrogen (secondary N) is 3. The molecular weight excluding hydrogens is 379 g/mol. The van der Waals surface area contributed by atoms with Crippen LogP contribution in [0.3, 0.4) is 0 Å². The van der Waals surface area contributed by atoms with Gasteiger partial charge in [-0.3, -0.25) is 20.4 Å². The Labute approximate surface area is 167 Å². The van der Waals surface area contributed by atoms with E-state index in [4.69, 9.17) is 12.2 Å². The Balaban J connectivity index is 1.60. The zero-order valence-electron chi connectivity index (χ0n) is 15.1. The van der Waals surface area contributed by atoms with Crippen molar-refractivity contribution in [1.82, 2.24) is 15.8 Å². The molecule has 0 spiro atoms. The molecule has 0 aliphatic carbocycles. The molecule has 0 aromatic heterocycles. The Bertz CT molecular complexity index is 930. The van der Waals surface area contributed by atoms with E-state index in [9.17, 15) is 14.0 Å². The first-order valence-corrected chi connectivity index (χ1v) is 9.02. The fourth-order valence-corrected chi connectivity index (χ4v) is 3.13. The normalized spacial score (nSPS) is 14.8. The second kappa shape index (κ2) is 8.62. The lowest BCUT2D eigenvalue weighted by atomic mass is 9.93. The summed E-state index contributed by atoms with van der Waals surface area (Å²) < 4.78 is 12.9. The van der Waals surface area contributed by atoms with E-state index < -0.39 is 6.04 Å². The van der Waals surface area contributed by atoms with Gasteiger partial charge in [0.2, 0.25) is 11.8 Å². The van der Waals surface area contributed by atoms with Gasteiger partial charge in [0.1, 0.15) is 5.82 Å². The molecule has 2 amide bonds. The SMILES string of the molecule is CC(=O)N1C=Cc2ccccc2[C@H]1CC(=O)NNC(=S)Nc1ccc(F)cc1. The molecule has 6 nitrogen and oxygen atoms in total. The molecule has 1 heterocycles. The van der Waals surface area contributed by atoms with Gasteiger partial charge < -0.3 is 10.2 Å². The number of carbonyl (C=O) groups is 2. The van der Waals surface area contributed by atoms with Crippen molar-refractivity contribution in [1.29, 1.82) is 0 Å². The van der Waals surface area contributed by atoms with Crippen LogP contribution in [-0.4, -0.2) is 21.8 Å². The minimum atomic E-state index is -0.404. The maximum absolute atomic E-state index is 12.9. The summed E-state index contributed by atoms with van der Waals surface area (Å²) in [5.74, 6) is -0.829. The van der Waals surface area contributed by atoms with Crippen LogP contribution in [0.15, 0.2) is 54.7 Å². The third-order valence-corrected chi connectivity index (χ3v) is 4.47. The lowest BCUT2D eigenvalue weighted by Crippen LogP contribution is -2.45. The van der Waals surface area contributed by atoms with Crippen molar-refractivity contribution in [3.63, 3.8) is 0 Å². The second-order valence-electron chi connectivity index (χ2n) is 6.23. The number of benzene rings is 2. The number of fused-ring (bicyclic) bond motifs is 1. The first-order valence-electron chi connectivity index (χ1n) is 8.61. The van der Waals surface area contributed by atoms with Gasteiger partial charge in [0.25, 0.3) is 0 Å². The molecule has 0 saturated carbocycles. The number of halogens is 1. The van der Waals surface area contributed by atoms with Crippen LogP contribution in [0.5, 0.6) is 0 Å². The summed E-state index contributed by atoms with van der Waals surface area (Å²) in [6, 6.07) is 12.9. The minimum Gasteiger partial charge on any atom is -0.331 e. The maximum Gasteiger partial charge on any atom is 0.240 e. The maximum atomic E-state index is 12.9. The van der Waals surface area contributed by atoms with E-state index in [1.807, 2.05) is 30.3 Å². The molecule has 144 valence electrons. The van der Waals surface area contributed by atoms with Crippen molar-refractivity contribution in [3.05, 3.63) is 71.7 Å². The zero-order valence-corrected chi connectivity index (χ0v) is 15.9. The highest BCUT2D eigenvalue weighted by atomic mass is 32.1. The van der Waals surface area contributed by atoms with E-state index in [0.29, 0.717) is 5.69 Å². The number of hydrazine groups is 1. The average Bonchev–Trinajstić information content (AvgIpc) is 2.68. The fraction of sp³-hybridized carbons (Fsp3) is 0.150. The number of hydrogen-bond acceptors (Lipinski definition) is 3. The highest BCUT2D eigenvalue weighted by molar-refractivity contribution is 7.80. The van der Waals surface area contributed by atoms with Crippen LogP contribution in [0.4, 0.5) is 10.1 Å². The lowest BCUT2D eigenvalue weighted by Gasteiger charge is -2.32. The van der Waals surface area contributed by atoms with Crippen LogP contribution in [0.1, 0.15) is 30.5 Å². The Morgan fingerprint density at radius 1 is 1.11 bits per heavy atom. The fourth-order valence-electron chi connectivity index (χ4n) is 2.96. The van der Waals surface area contributed by atoms with E-state index in [1.165, 1.54) is 36.1 Å². The van der Waals surface area contributed by atoms with E-state index in [1.54, 1.807) is 6.20 Å². The summed E-state index contributed by atoms with van der Waals surface area (Å²) in [7, 11) is 0. The van der Waals surface area contributed by atoms with E-state index in [-0.39, 0.29) is 29.2 Å². The number of rotatable bonds is 3. The van der Waals surface area contributed by atoms with Gasteiger partial charge in [-0.2, -0.15) is 0 Å². The molecule has 3 N–H and O–H groups in total. The number of amides is 2. The van der Waals surface area contributed by atoms with Crippen molar-refractivity contribution < 1.29 is 14.0 Å². The topological polar surface area (TPSA) is 73.5 Å². The predicted molar refractivity (Wildman–Crippen MR) is 109 cm³/mol. The van der Waals surface area contributed by atoms with Gasteiger partial charge in [0, 0.05) is 18.8 Å². The molecule has 2 aromatic carbocycles. The Morgan fingerprint density at radius 2 is 1.82 bits per heavy atom. The summed E-state index contributed by atoms with van der Waals surface area (Å²) in [5, 5.41) is 2.99. The van der Waals surface area contributed by atoms with Crippen molar-refractivity contribution in [2.45, 2.75) is 19.4 Å². The molecule has 1 aliphatic rings. The van der Waals surface area contributed by atoms with Gasteiger partial charge in [0.05, 0.1) is 12.5 Å². The molecule has 0 fully saturated rings. The molecule has 28 heavy (non-hydrogen) atoms. The van der Waals surface area contributed by atoms with Crippen molar-refractivity contribution in [2.75, 3.05) is 5.32 Å². The largest absolute Gasteiger partial charge is 0.331 e. The van der Waals surface area contributed by atoms with Gasteiger partial charge in [-0.1, -0.05) is 24.3 Å².